The van der Waals surface area contributed by atoms with Crippen LogP contribution in [0.15, 0.2) is 36.4 Å². The molecule has 0 aromatic heterocycles. The highest BCUT2D eigenvalue weighted by Crippen LogP contribution is 2.52. The van der Waals surface area contributed by atoms with Crippen molar-refractivity contribution >= 4 is 29.3 Å². The van der Waals surface area contributed by atoms with E-state index in [2.05, 4.69) is 17.5 Å². The monoisotopic (exact) mass is 358 g/mol. The van der Waals surface area contributed by atoms with Gasteiger partial charge in [-0.3, -0.25) is 19.3 Å². The predicted octanol–water partition coefficient (Wildman–Crippen LogP) is 2.15. The van der Waals surface area contributed by atoms with Gasteiger partial charge in [0, 0.05) is 24.5 Å². The third-order valence-electron chi connectivity index (χ3n) is 5.53. The van der Waals surface area contributed by atoms with Crippen LogP contribution in [-0.2, 0) is 20.9 Å². The highest BCUT2D eigenvalue weighted by atomic mass is 35.5. The van der Waals surface area contributed by atoms with Crippen LogP contribution >= 0.6 is 11.6 Å². The minimum Gasteiger partial charge on any atom is -0.352 e. The first-order valence-corrected chi connectivity index (χ1v) is 8.97. The fourth-order valence-corrected chi connectivity index (χ4v) is 4.42. The van der Waals surface area contributed by atoms with Crippen LogP contribution in [0.4, 0.5) is 0 Å². The fourth-order valence-electron chi connectivity index (χ4n) is 4.29. The van der Waals surface area contributed by atoms with Gasteiger partial charge in [0.2, 0.25) is 17.7 Å². The van der Waals surface area contributed by atoms with Gasteiger partial charge in [-0.2, -0.15) is 0 Å². The average molecular weight is 359 g/mol. The molecule has 1 aromatic carbocycles. The molecule has 5 nitrogen and oxygen atoms in total. The third-order valence-corrected chi connectivity index (χ3v) is 5.78. The molecule has 3 amide bonds. The first kappa shape index (κ1) is 16.3. The van der Waals surface area contributed by atoms with Crippen LogP contribution in [0.1, 0.15) is 18.4 Å². The standard InChI is InChI=1S/C19H19ClN2O3/c20-14-5-1-11(2-6-14)10-21-15(23)7-8-22-18(24)16-12-3-4-13(9-12)17(16)19(22)25/h1-6,12-13,16-17H,7-10H2,(H,21,23)/t12-,13-,16-,17-/m0/s1. The van der Waals surface area contributed by atoms with Gasteiger partial charge in [0.05, 0.1) is 11.8 Å². The first-order valence-electron chi connectivity index (χ1n) is 8.59. The maximum atomic E-state index is 12.5. The number of benzene rings is 1. The number of allylic oxidation sites excluding steroid dienone is 2. The summed E-state index contributed by atoms with van der Waals surface area (Å²) in [6.45, 7) is 0.563. The predicted molar refractivity (Wildman–Crippen MR) is 92.4 cm³/mol. The Balaban J connectivity index is 1.30. The number of hydrogen-bond acceptors (Lipinski definition) is 3. The van der Waals surface area contributed by atoms with Gasteiger partial charge in [0.15, 0.2) is 0 Å². The van der Waals surface area contributed by atoms with Crippen molar-refractivity contribution in [2.24, 2.45) is 23.7 Å². The maximum Gasteiger partial charge on any atom is 0.233 e. The molecule has 4 atom stereocenters. The van der Waals surface area contributed by atoms with Crippen molar-refractivity contribution < 1.29 is 14.4 Å². The Morgan fingerprint density at radius 1 is 1.08 bits per heavy atom. The number of nitrogens with zero attached hydrogens (tertiary/aromatic N) is 1. The summed E-state index contributed by atoms with van der Waals surface area (Å²) >= 11 is 5.83. The molecule has 1 saturated carbocycles. The second-order valence-corrected chi connectivity index (χ2v) is 7.42. The van der Waals surface area contributed by atoms with E-state index >= 15 is 0 Å². The highest BCUT2D eigenvalue weighted by Gasteiger charge is 2.58. The molecule has 25 heavy (non-hydrogen) atoms. The molecule has 1 aliphatic heterocycles. The van der Waals surface area contributed by atoms with Gasteiger partial charge in [0.1, 0.15) is 0 Å². The van der Waals surface area contributed by atoms with Gasteiger partial charge in [-0.25, -0.2) is 0 Å². The Kier molecular flexibility index (Phi) is 4.12. The molecule has 3 aliphatic rings. The molecule has 1 N–H and O–H groups in total. The van der Waals surface area contributed by atoms with Crippen molar-refractivity contribution in [2.45, 2.75) is 19.4 Å². The van der Waals surface area contributed by atoms with Crippen LogP contribution in [0.2, 0.25) is 5.02 Å². The van der Waals surface area contributed by atoms with E-state index in [-0.39, 0.29) is 54.4 Å². The topological polar surface area (TPSA) is 66.5 Å². The summed E-state index contributed by atoms with van der Waals surface area (Å²) in [5, 5.41) is 3.46. The van der Waals surface area contributed by atoms with Crippen LogP contribution in [0.25, 0.3) is 0 Å². The molecule has 130 valence electrons. The smallest absolute Gasteiger partial charge is 0.233 e. The molecule has 2 bridgehead atoms. The van der Waals surface area contributed by atoms with E-state index in [1.165, 1.54) is 4.90 Å². The number of rotatable bonds is 5. The fraction of sp³-hybridized carbons (Fsp3) is 0.421. The summed E-state index contributed by atoms with van der Waals surface area (Å²) < 4.78 is 0. The van der Waals surface area contributed by atoms with E-state index in [0.29, 0.717) is 11.6 Å². The summed E-state index contributed by atoms with van der Waals surface area (Å²) in [7, 11) is 0. The summed E-state index contributed by atoms with van der Waals surface area (Å²) in [6.07, 6.45) is 5.19. The van der Waals surface area contributed by atoms with Crippen LogP contribution in [-0.4, -0.2) is 29.2 Å². The molecule has 0 radical (unpaired) electrons. The lowest BCUT2D eigenvalue weighted by Gasteiger charge is -2.16. The van der Waals surface area contributed by atoms with Crippen molar-refractivity contribution in [3.63, 3.8) is 0 Å². The molecule has 2 fully saturated rings. The minimum atomic E-state index is -0.195. The van der Waals surface area contributed by atoms with E-state index in [4.69, 9.17) is 11.6 Å². The molecule has 4 rings (SSSR count). The van der Waals surface area contributed by atoms with Gasteiger partial charge in [0.25, 0.3) is 0 Å². The van der Waals surface area contributed by atoms with E-state index in [1.54, 1.807) is 12.1 Å². The Morgan fingerprint density at radius 2 is 1.68 bits per heavy atom. The molecule has 1 heterocycles. The van der Waals surface area contributed by atoms with E-state index in [9.17, 15) is 14.4 Å². The second kappa shape index (κ2) is 6.30. The molecular weight excluding hydrogens is 340 g/mol. The third kappa shape index (κ3) is 2.86. The van der Waals surface area contributed by atoms with Crippen molar-refractivity contribution in [1.29, 1.82) is 0 Å². The molecular formula is C19H19ClN2O3. The number of amides is 3. The van der Waals surface area contributed by atoms with Gasteiger partial charge in [-0.05, 0) is 36.0 Å². The highest BCUT2D eigenvalue weighted by molar-refractivity contribution is 6.30. The van der Waals surface area contributed by atoms with Gasteiger partial charge in [-0.1, -0.05) is 35.9 Å². The Labute approximate surface area is 151 Å². The van der Waals surface area contributed by atoms with Crippen LogP contribution in [0.5, 0.6) is 0 Å². The van der Waals surface area contributed by atoms with Crippen molar-refractivity contribution in [2.75, 3.05) is 6.54 Å². The van der Waals surface area contributed by atoms with E-state index in [1.807, 2.05) is 12.1 Å². The normalized spacial score (nSPS) is 29.4. The van der Waals surface area contributed by atoms with Crippen LogP contribution in [0, 0.1) is 23.7 Å². The molecule has 1 aromatic rings. The molecule has 0 spiro atoms. The molecule has 0 unspecified atom stereocenters. The Bertz CT molecular complexity index is 728. The lowest BCUT2D eigenvalue weighted by atomic mass is 9.85. The lowest BCUT2D eigenvalue weighted by molar-refractivity contribution is -0.141. The zero-order valence-electron chi connectivity index (χ0n) is 13.7. The summed E-state index contributed by atoms with van der Waals surface area (Å²) in [5.74, 6) is -0.354. The lowest BCUT2D eigenvalue weighted by Crippen LogP contribution is -2.36. The van der Waals surface area contributed by atoms with E-state index in [0.717, 1.165) is 12.0 Å². The Morgan fingerprint density at radius 3 is 2.28 bits per heavy atom. The minimum absolute atomic E-state index is 0.0997. The number of nitrogens with one attached hydrogen (secondary N) is 1. The number of hydrogen-bond donors (Lipinski definition) is 1. The number of carbonyl (C=O) groups excluding carboxylic acids is 3. The van der Waals surface area contributed by atoms with Crippen molar-refractivity contribution in [3.05, 3.63) is 47.0 Å². The van der Waals surface area contributed by atoms with Gasteiger partial charge in [-0.15, -0.1) is 0 Å². The van der Waals surface area contributed by atoms with E-state index < -0.39 is 0 Å². The first-order chi connectivity index (χ1) is 12.0. The average Bonchev–Trinajstić information content (AvgIpc) is 3.27. The summed E-state index contributed by atoms with van der Waals surface area (Å²) in [5.41, 5.74) is 0.947. The quantitative estimate of drug-likeness (QED) is 0.648. The van der Waals surface area contributed by atoms with Gasteiger partial charge >= 0.3 is 0 Å². The summed E-state index contributed by atoms with van der Waals surface area (Å²) in [6, 6.07) is 7.23. The molecule has 6 heteroatoms. The number of imide groups is 1. The number of likely N-dealkylation sites (tertiary alicyclic amines) is 1. The van der Waals surface area contributed by atoms with Crippen molar-refractivity contribution in [3.8, 4) is 0 Å². The van der Waals surface area contributed by atoms with Crippen LogP contribution < -0.4 is 5.32 Å². The molecule has 2 aliphatic carbocycles. The zero-order chi connectivity index (χ0) is 17.6. The largest absolute Gasteiger partial charge is 0.352 e. The van der Waals surface area contributed by atoms with Crippen molar-refractivity contribution in [1.82, 2.24) is 10.2 Å². The van der Waals surface area contributed by atoms with Crippen LogP contribution in [0.3, 0.4) is 0 Å². The number of carbonyl (C=O) groups is 3. The maximum absolute atomic E-state index is 12.5. The molecule has 1 saturated heterocycles. The zero-order valence-corrected chi connectivity index (χ0v) is 14.4. The SMILES string of the molecule is O=C(CCN1C(=O)[C@@H]2[C@@H](C1=O)[C@H]1C=C[C@H]2C1)NCc1ccc(Cl)cc1. The number of halogens is 1. The number of fused-ring (bicyclic) bond motifs is 5. The summed E-state index contributed by atoms with van der Waals surface area (Å²) in [4.78, 5) is 38.4. The Hall–Kier alpha value is -2.14. The second-order valence-electron chi connectivity index (χ2n) is 6.98. The van der Waals surface area contributed by atoms with Gasteiger partial charge < -0.3 is 5.32 Å².